The molecule has 0 saturated heterocycles. The molecule has 0 aliphatic carbocycles. The number of aromatic carboxylic acids is 1. The van der Waals surface area contributed by atoms with Crippen molar-refractivity contribution in [2.45, 2.75) is 6.42 Å². The van der Waals surface area contributed by atoms with Crippen LogP contribution in [-0.4, -0.2) is 22.2 Å². The third-order valence-electron chi connectivity index (χ3n) is 2.00. The largest absolute Gasteiger partial charge is 0.478 e. The number of carboxylic acids is 2. The Morgan fingerprint density at radius 2 is 1.94 bits per heavy atom. The standard InChI is InChI=1S/C11H9FO4/c1-6(10(13)14)4-8-5-7(11(15)16)2-3-9(8)12/h2-3,5H,1,4H2,(H,13,14)(H,15,16). The third-order valence-corrected chi connectivity index (χ3v) is 2.00. The van der Waals surface area contributed by atoms with E-state index in [1.807, 2.05) is 0 Å². The summed E-state index contributed by atoms with van der Waals surface area (Å²) in [7, 11) is 0. The van der Waals surface area contributed by atoms with Crippen molar-refractivity contribution in [1.82, 2.24) is 0 Å². The fraction of sp³-hybridized carbons (Fsp3) is 0.0909. The van der Waals surface area contributed by atoms with E-state index in [1.165, 1.54) is 0 Å². The molecule has 0 heterocycles. The van der Waals surface area contributed by atoms with Gasteiger partial charge < -0.3 is 10.2 Å². The van der Waals surface area contributed by atoms with E-state index in [9.17, 15) is 14.0 Å². The molecule has 84 valence electrons. The normalized spacial score (nSPS) is 9.81. The molecule has 0 bridgehead atoms. The minimum absolute atomic E-state index is 0.00676. The zero-order valence-corrected chi connectivity index (χ0v) is 8.24. The zero-order valence-electron chi connectivity index (χ0n) is 8.24. The van der Waals surface area contributed by atoms with Gasteiger partial charge in [0.1, 0.15) is 5.82 Å². The van der Waals surface area contributed by atoms with Crippen LogP contribution in [0.1, 0.15) is 15.9 Å². The van der Waals surface area contributed by atoms with Crippen LogP contribution in [0.3, 0.4) is 0 Å². The van der Waals surface area contributed by atoms with E-state index in [-0.39, 0.29) is 23.1 Å². The minimum atomic E-state index is -1.24. The number of carboxylic acid groups (broad SMARTS) is 2. The summed E-state index contributed by atoms with van der Waals surface area (Å²) in [6.07, 6.45) is -0.220. The Labute approximate surface area is 90.6 Å². The maximum atomic E-state index is 13.2. The zero-order chi connectivity index (χ0) is 12.3. The highest BCUT2D eigenvalue weighted by atomic mass is 19.1. The maximum Gasteiger partial charge on any atom is 0.335 e. The van der Waals surface area contributed by atoms with E-state index in [0.29, 0.717) is 0 Å². The Kier molecular flexibility index (Phi) is 3.40. The van der Waals surface area contributed by atoms with Gasteiger partial charge in [0.05, 0.1) is 5.56 Å². The second-order valence-corrected chi connectivity index (χ2v) is 3.20. The van der Waals surface area contributed by atoms with Gasteiger partial charge in [0.25, 0.3) is 0 Å². The van der Waals surface area contributed by atoms with Gasteiger partial charge in [0.15, 0.2) is 0 Å². The van der Waals surface area contributed by atoms with Crippen molar-refractivity contribution in [3.05, 3.63) is 47.3 Å². The number of aliphatic carboxylic acids is 1. The summed E-state index contributed by atoms with van der Waals surface area (Å²) in [5.41, 5.74) is -0.275. The molecule has 0 spiro atoms. The first-order chi connectivity index (χ1) is 7.41. The molecule has 0 saturated carbocycles. The molecule has 1 aromatic rings. The van der Waals surface area contributed by atoms with E-state index >= 15 is 0 Å². The van der Waals surface area contributed by atoms with Crippen LogP contribution in [0.15, 0.2) is 30.4 Å². The fourth-order valence-electron chi connectivity index (χ4n) is 1.15. The van der Waals surface area contributed by atoms with Crippen molar-refractivity contribution < 1.29 is 24.2 Å². The number of rotatable bonds is 4. The summed E-state index contributed by atoms with van der Waals surface area (Å²) in [4.78, 5) is 21.1. The Hall–Kier alpha value is -2.17. The predicted octanol–water partition coefficient (Wildman–Crippen LogP) is 1.71. The molecule has 0 fully saturated rings. The average Bonchev–Trinajstić information content (AvgIpc) is 2.20. The van der Waals surface area contributed by atoms with Crippen molar-refractivity contribution in [3.63, 3.8) is 0 Å². The van der Waals surface area contributed by atoms with Crippen molar-refractivity contribution in [2.24, 2.45) is 0 Å². The van der Waals surface area contributed by atoms with Crippen molar-refractivity contribution in [2.75, 3.05) is 0 Å². The molecule has 0 amide bonds. The molecule has 5 heteroatoms. The Bertz CT molecular complexity index is 465. The molecule has 4 nitrogen and oxygen atoms in total. The van der Waals surface area contributed by atoms with Crippen LogP contribution in [0.5, 0.6) is 0 Å². The summed E-state index contributed by atoms with van der Waals surface area (Å²) in [6, 6.07) is 3.21. The molecule has 1 rings (SSSR count). The van der Waals surface area contributed by atoms with Crippen LogP contribution in [0, 0.1) is 5.82 Å². The number of benzene rings is 1. The van der Waals surface area contributed by atoms with Crippen LogP contribution in [-0.2, 0) is 11.2 Å². The molecular formula is C11H9FO4. The molecule has 0 aliphatic rings. The summed E-state index contributed by atoms with van der Waals surface area (Å²) in [5, 5.41) is 17.3. The first kappa shape index (κ1) is 11.9. The summed E-state index contributed by atoms with van der Waals surface area (Å²) in [6.45, 7) is 3.25. The smallest absolute Gasteiger partial charge is 0.335 e. The molecule has 0 radical (unpaired) electrons. The van der Waals surface area contributed by atoms with Crippen LogP contribution in [0.2, 0.25) is 0 Å². The molecule has 0 aromatic heterocycles. The number of hydrogen-bond acceptors (Lipinski definition) is 2. The summed E-state index contributed by atoms with van der Waals surface area (Å²) >= 11 is 0. The van der Waals surface area contributed by atoms with Crippen LogP contribution in [0.25, 0.3) is 0 Å². The van der Waals surface area contributed by atoms with Gasteiger partial charge >= 0.3 is 11.9 Å². The lowest BCUT2D eigenvalue weighted by molar-refractivity contribution is -0.132. The van der Waals surface area contributed by atoms with E-state index in [2.05, 4.69) is 6.58 Å². The lowest BCUT2D eigenvalue weighted by atomic mass is 10.0. The molecule has 0 aliphatic heterocycles. The monoisotopic (exact) mass is 224 g/mol. The van der Waals surface area contributed by atoms with Gasteiger partial charge in [-0.05, 0) is 23.8 Å². The van der Waals surface area contributed by atoms with Gasteiger partial charge in [0.2, 0.25) is 0 Å². The highest BCUT2D eigenvalue weighted by Gasteiger charge is 2.12. The molecule has 16 heavy (non-hydrogen) atoms. The minimum Gasteiger partial charge on any atom is -0.478 e. The van der Waals surface area contributed by atoms with E-state index < -0.39 is 17.8 Å². The van der Waals surface area contributed by atoms with Gasteiger partial charge in [-0.25, -0.2) is 14.0 Å². The van der Waals surface area contributed by atoms with E-state index in [1.54, 1.807) is 0 Å². The van der Waals surface area contributed by atoms with Crippen molar-refractivity contribution in [3.8, 4) is 0 Å². The van der Waals surface area contributed by atoms with Crippen LogP contribution < -0.4 is 0 Å². The topological polar surface area (TPSA) is 74.6 Å². The summed E-state index contributed by atoms with van der Waals surface area (Å²) in [5.74, 6) is -3.07. The molecule has 0 atom stereocenters. The van der Waals surface area contributed by atoms with Gasteiger partial charge in [-0.3, -0.25) is 0 Å². The fourth-order valence-corrected chi connectivity index (χ4v) is 1.15. The van der Waals surface area contributed by atoms with Gasteiger partial charge in [-0.1, -0.05) is 6.58 Å². The average molecular weight is 224 g/mol. The second kappa shape index (κ2) is 4.57. The molecule has 1 aromatic carbocycles. The SMILES string of the molecule is C=C(Cc1cc(C(=O)O)ccc1F)C(=O)O. The van der Waals surface area contributed by atoms with E-state index in [4.69, 9.17) is 10.2 Å². The number of halogens is 1. The van der Waals surface area contributed by atoms with Crippen LogP contribution in [0.4, 0.5) is 4.39 Å². The lowest BCUT2D eigenvalue weighted by Crippen LogP contribution is -2.05. The van der Waals surface area contributed by atoms with E-state index in [0.717, 1.165) is 18.2 Å². The molecule has 0 unspecified atom stereocenters. The lowest BCUT2D eigenvalue weighted by Gasteiger charge is -2.04. The molecular weight excluding hydrogens is 215 g/mol. The Morgan fingerprint density at radius 3 is 2.44 bits per heavy atom. The first-order valence-corrected chi connectivity index (χ1v) is 4.34. The van der Waals surface area contributed by atoms with Gasteiger partial charge in [-0.15, -0.1) is 0 Å². The predicted molar refractivity (Wildman–Crippen MR) is 53.8 cm³/mol. The van der Waals surface area contributed by atoms with Gasteiger partial charge in [-0.2, -0.15) is 0 Å². The molecule has 2 N–H and O–H groups in total. The quantitative estimate of drug-likeness (QED) is 0.763. The third kappa shape index (κ3) is 2.66. The van der Waals surface area contributed by atoms with Crippen LogP contribution >= 0.6 is 0 Å². The Balaban J connectivity index is 3.03. The summed E-state index contributed by atoms with van der Waals surface area (Å²) < 4.78 is 13.2. The number of carbonyl (C=O) groups is 2. The highest BCUT2D eigenvalue weighted by molar-refractivity contribution is 5.88. The first-order valence-electron chi connectivity index (χ1n) is 4.34. The van der Waals surface area contributed by atoms with Crippen molar-refractivity contribution in [1.29, 1.82) is 0 Å². The van der Waals surface area contributed by atoms with Crippen molar-refractivity contribution >= 4 is 11.9 Å². The number of hydrogen-bond donors (Lipinski definition) is 2. The highest BCUT2D eigenvalue weighted by Crippen LogP contribution is 2.14. The maximum absolute atomic E-state index is 13.2. The Morgan fingerprint density at radius 1 is 1.31 bits per heavy atom. The second-order valence-electron chi connectivity index (χ2n) is 3.20. The van der Waals surface area contributed by atoms with Gasteiger partial charge in [0, 0.05) is 12.0 Å².